The lowest BCUT2D eigenvalue weighted by molar-refractivity contribution is 0.117. The van der Waals surface area contributed by atoms with Crippen LogP contribution in [0, 0.1) is 24.0 Å². The van der Waals surface area contributed by atoms with Crippen LogP contribution < -0.4 is 0 Å². The van der Waals surface area contributed by atoms with Gasteiger partial charge in [0.15, 0.2) is 4.77 Å². The molecule has 0 amide bonds. The van der Waals surface area contributed by atoms with E-state index in [1.807, 2.05) is 0 Å². The molecule has 2 heterocycles. The van der Waals surface area contributed by atoms with Crippen molar-refractivity contribution in [3.63, 3.8) is 0 Å². The second kappa shape index (κ2) is 7.69. The molecule has 27 heavy (non-hydrogen) atoms. The molecule has 1 aliphatic rings. The molecule has 0 N–H and O–H groups in total. The average Bonchev–Trinajstić information content (AvgIpc) is 2.96. The van der Waals surface area contributed by atoms with Crippen molar-refractivity contribution in [3.8, 4) is 18.0 Å². The Balaban J connectivity index is 1.68. The molecule has 1 fully saturated rings. The van der Waals surface area contributed by atoms with E-state index in [0.717, 1.165) is 55.4 Å². The summed E-state index contributed by atoms with van der Waals surface area (Å²) in [7, 11) is 0. The van der Waals surface area contributed by atoms with Gasteiger partial charge in [-0.05, 0) is 43.4 Å². The Bertz CT molecular complexity index is 1030. The largest absolute Gasteiger partial charge is 0.303 e. The van der Waals surface area contributed by atoms with Gasteiger partial charge >= 0.3 is 0 Å². The molecular weight excluding hydrogens is 352 g/mol. The van der Waals surface area contributed by atoms with Gasteiger partial charge in [0.25, 0.3) is 0 Å². The fraction of sp³-hybridized carbons (Fsp3) is 0.318. The fourth-order valence-corrected chi connectivity index (χ4v) is 4.07. The first kappa shape index (κ1) is 18.0. The highest BCUT2D eigenvalue weighted by atomic mass is 32.1. The van der Waals surface area contributed by atoms with Gasteiger partial charge in [0.2, 0.25) is 0 Å². The van der Waals surface area contributed by atoms with Crippen molar-refractivity contribution in [2.45, 2.75) is 13.6 Å². The molecule has 138 valence electrons. The molecule has 0 spiro atoms. The predicted octanol–water partition coefficient (Wildman–Crippen LogP) is 3.68. The second-order valence-electron chi connectivity index (χ2n) is 7.11. The van der Waals surface area contributed by atoms with E-state index in [-0.39, 0.29) is 0 Å². The van der Waals surface area contributed by atoms with E-state index < -0.39 is 0 Å². The molecule has 2 aromatic carbocycles. The highest BCUT2D eigenvalue weighted by Crippen LogP contribution is 2.23. The van der Waals surface area contributed by atoms with Crippen molar-refractivity contribution in [2.75, 3.05) is 32.7 Å². The van der Waals surface area contributed by atoms with Gasteiger partial charge in [-0.3, -0.25) is 14.4 Å². The van der Waals surface area contributed by atoms with E-state index in [0.29, 0.717) is 0 Å². The maximum Gasteiger partial charge on any atom is 0.186 e. The fourth-order valence-electron chi connectivity index (χ4n) is 3.71. The topological polar surface area (TPSA) is 16.3 Å². The number of nitrogens with zero attached hydrogens (tertiary/aromatic N) is 4. The van der Waals surface area contributed by atoms with Crippen molar-refractivity contribution in [3.05, 3.63) is 58.9 Å². The predicted molar refractivity (Wildman–Crippen MR) is 114 cm³/mol. The van der Waals surface area contributed by atoms with Crippen LogP contribution in [-0.4, -0.2) is 51.7 Å². The zero-order valence-electron chi connectivity index (χ0n) is 15.6. The molecule has 0 atom stereocenters. The summed E-state index contributed by atoms with van der Waals surface area (Å²) < 4.78 is 5.27. The summed E-state index contributed by atoms with van der Waals surface area (Å²) in [6, 6.07) is 17.0. The molecule has 4 rings (SSSR count). The normalized spacial score (nSPS) is 15.9. The summed E-state index contributed by atoms with van der Waals surface area (Å²) >= 11 is 5.90. The highest BCUT2D eigenvalue weighted by Gasteiger charge is 2.19. The first-order valence-corrected chi connectivity index (χ1v) is 9.73. The Morgan fingerprint density at radius 1 is 0.926 bits per heavy atom. The van der Waals surface area contributed by atoms with Gasteiger partial charge < -0.3 is 4.57 Å². The van der Waals surface area contributed by atoms with Crippen LogP contribution in [0.5, 0.6) is 0 Å². The first-order chi connectivity index (χ1) is 13.2. The SMILES string of the molecule is C#CCN1CCN(Cn2c(=S)n(-c3ccc(C)cc3)c3ccccc32)CC1. The molecule has 4 nitrogen and oxygen atoms in total. The number of aromatic nitrogens is 2. The number of para-hydroxylation sites is 2. The molecule has 1 saturated heterocycles. The quantitative estimate of drug-likeness (QED) is 0.511. The number of imidazole rings is 1. The monoisotopic (exact) mass is 376 g/mol. The molecule has 0 bridgehead atoms. The zero-order chi connectivity index (χ0) is 18.8. The van der Waals surface area contributed by atoms with Crippen LogP contribution in [0.1, 0.15) is 5.56 Å². The van der Waals surface area contributed by atoms with E-state index in [9.17, 15) is 0 Å². The molecule has 0 unspecified atom stereocenters. The van der Waals surface area contributed by atoms with E-state index in [1.54, 1.807) is 0 Å². The van der Waals surface area contributed by atoms with Crippen LogP contribution in [0.3, 0.4) is 0 Å². The molecular formula is C22H24N4S. The summed E-state index contributed by atoms with van der Waals surface area (Å²) in [5.41, 5.74) is 4.68. The summed E-state index contributed by atoms with van der Waals surface area (Å²) in [4.78, 5) is 4.78. The molecule has 3 aromatic rings. The molecule has 1 aliphatic heterocycles. The highest BCUT2D eigenvalue weighted by molar-refractivity contribution is 7.71. The van der Waals surface area contributed by atoms with E-state index in [2.05, 4.69) is 80.3 Å². The van der Waals surface area contributed by atoms with Crippen molar-refractivity contribution >= 4 is 23.3 Å². The number of fused-ring (bicyclic) bond motifs is 1. The third-order valence-corrected chi connectivity index (χ3v) is 5.65. The minimum Gasteiger partial charge on any atom is -0.303 e. The first-order valence-electron chi connectivity index (χ1n) is 9.33. The van der Waals surface area contributed by atoms with Crippen molar-refractivity contribution < 1.29 is 0 Å². The van der Waals surface area contributed by atoms with Crippen LogP contribution >= 0.6 is 12.2 Å². The number of hydrogen-bond donors (Lipinski definition) is 0. The van der Waals surface area contributed by atoms with Gasteiger partial charge in [-0.15, -0.1) is 6.42 Å². The van der Waals surface area contributed by atoms with E-state index >= 15 is 0 Å². The van der Waals surface area contributed by atoms with Crippen molar-refractivity contribution in [2.24, 2.45) is 0 Å². The summed E-state index contributed by atoms with van der Waals surface area (Å²) in [6.45, 7) is 7.68. The number of terminal acetylenes is 1. The van der Waals surface area contributed by atoms with Crippen LogP contribution in [-0.2, 0) is 6.67 Å². The third-order valence-electron chi connectivity index (χ3n) is 5.25. The standard InChI is InChI=1S/C22H24N4S/c1-3-12-23-13-15-24(16-14-23)17-25-20-6-4-5-7-21(20)26(22(25)27)19-10-8-18(2)9-11-19/h1,4-11H,12-17H2,2H3. The number of benzene rings is 2. The van der Waals surface area contributed by atoms with Gasteiger partial charge in [-0.1, -0.05) is 35.7 Å². The van der Waals surface area contributed by atoms with Gasteiger partial charge in [-0.25, -0.2) is 0 Å². The van der Waals surface area contributed by atoms with E-state index in [1.165, 1.54) is 11.1 Å². The minimum absolute atomic E-state index is 0.736. The minimum atomic E-state index is 0.736. The van der Waals surface area contributed by atoms with Crippen LogP contribution in [0.25, 0.3) is 16.7 Å². The lowest BCUT2D eigenvalue weighted by atomic mass is 10.2. The number of rotatable bonds is 4. The Hall–Kier alpha value is -2.39. The van der Waals surface area contributed by atoms with Gasteiger partial charge in [0, 0.05) is 31.9 Å². The zero-order valence-corrected chi connectivity index (χ0v) is 16.5. The third kappa shape index (κ3) is 3.57. The van der Waals surface area contributed by atoms with Gasteiger partial charge in [0.1, 0.15) is 0 Å². The Kier molecular flexibility index (Phi) is 5.13. The van der Waals surface area contributed by atoms with E-state index in [4.69, 9.17) is 18.6 Å². The number of aryl methyl sites for hydroxylation is 1. The van der Waals surface area contributed by atoms with Crippen LogP contribution in [0.4, 0.5) is 0 Å². The van der Waals surface area contributed by atoms with Crippen LogP contribution in [0.15, 0.2) is 48.5 Å². The molecule has 0 saturated carbocycles. The van der Waals surface area contributed by atoms with Crippen LogP contribution in [0.2, 0.25) is 0 Å². The maximum atomic E-state index is 5.90. The molecule has 1 aromatic heterocycles. The number of piperazine rings is 1. The number of hydrogen-bond acceptors (Lipinski definition) is 3. The average molecular weight is 377 g/mol. The Labute approximate surface area is 165 Å². The lowest BCUT2D eigenvalue weighted by Gasteiger charge is -2.33. The van der Waals surface area contributed by atoms with Crippen molar-refractivity contribution in [1.29, 1.82) is 0 Å². The maximum absolute atomic E-state index is 5.90. The summed E-state index contributed by atoms with van der Waals surface area (Å²) in [5.74, 6) is 2.74. The molecule has 0 radical (unpaired) electrons. The lowest BCUT2D eigenvalue weighted by Crippen LogP contribution is -2.46. The summed E-state index contributed by atoms with van der Waals surface area (Å²) in [6.07, 6.45) is 5.44. The Morgan fingerprint density at radius 3 is 2.22 bits per heavy atom. The summed E-state index contributed by atoms with van der Waals surface area (Å²) in [5, 5.41) is 0. The molecule has 0 aliphatic carbocycles. The van der Waals surface area contributed by atoms with Gasteiger partial charge in [-0.2, -0.15) is 0 Å². The second-order valence-corrected chi connectivity index (χ2v) is 7.48. The van der Waals surface area contributed by atoms with Gasteiger partial charge in [0.05, 0.1) is 24.2 Å². The Morgan fingerprint density at radius 2 is 1.56 bits per heavy atom. The smallest absolute Gasteiger partial charge is 0.186 e. The van der Waals surface area contributed by atoms with Crippen molar-refractivity contribution in [1.82, 2.24) is 18.9 Å². The molecule has 5 heteroatoms.